The highest BCUT2D eigenvalue weighted by atomic mass is 16.6. The average Bonchev–Trinajstić information content (AvgIpc) is 3.54. The van der Waals surface area contributed by atoms with E-state index < -0.39 is 29.2 Å². The van der Waals surface area contributed by atoms with Crippen LogP contribution in [0.5, 0.6) is 0 Å². The molecule has 1 unspecified atom stereocenters. The zero-order valence-electron chi connectivity index (χ0n) is 27.2. The lowest BCUT2D eigenvalue weighted by molar-refractivity contribution is 0.00691. The van der Waals surface area contributed by atoms with Gasteiger partial charge in [0.15, 0.2) is 0 Å². The van der Waals surface area contributed by atoms with E-state index in [4.69, 9.17) is 18.9 Å². The number of carbonyl (C=O) groups excluding carboxylic acids is 3. The molecule has 4 aromatic rings. The molecule has 0 spiro atoms. The number of para-hydroxylation sites is 1. The minimum Gasteiger partial charge on any atom is -0.456 e. The van der Waals surface area contributed by atoms with Crippen molar-refractivity contribution in [3.63, 3.8) is 0 Å². The summed E-state index contributed by atoms with van der Waals surface area (Å²) in [4.78, 5) is 43.0. The van der Waals surface area contributed by atoms with Gasteiger partial charge in [0.2, 0.25) is 17.7 Å². The van der Waals surface area contributed by atoms with Gasteiger partial charge < -0.3 is 23.8 Å². The Hall–Kier alpha value is -4.74. The van der Waals surface area contributed by atoms with Crippen molar-refractivity contribution in [3.8, 4) is 11.5 Å². The van der Waals surface area contributed by atoms with Crippen molar-refractivity contribution in [3.05, 3.63) is 59.5 Å². The van der Waals surface area contributed by atoms with Gasteiger partial charge in [0, 0.05) is 25.1 Å². The summed E-state index contributed by atoms with van der Waals surface area (Å²) in [7, 11) is 0. The highest BCUT2D eigenvalue weighted by Crippen LogP contribution is 2.34. The second kappa shape index (κ2) is 13.5. The molecule has 0 bridgehead atoms. The number of anilines is 1. The van der Waals surface area contributed by atoms with Gasteiger partial charge in [0.05, 0.1) is 22.2 Å². The minimum absolute atomic E-state index is 0.120. The normalized spacial score (nSPS) is 12.5. The lowest BCUT2D eigenvalue weighted by atomic mass is 10.1. The van der Waals surface area contributed by atoms with E-state index in [9.17, 15) is 14.4 Å². The van der Waals surface area contributed by atoms with Gasteiger partial charge in [-0.3, -0.25) is 10.1 Å². The summed E-state index contributed by atoms with van der Waals surface area (Å²) in [5.41, 5.74) is 1.38. The molecule has 0 saturated heterocycles. The Morgan fingerprint density at radius 1 is 0.933 bits per heavy atom. The van der Waals surface area contributed by atoms with E-state index in [-0.39, 0.29) is 17.2 Å². The van der Waals surface area contributed by atoms with Crippen LogP contribution < -0.4 is 10.6 Å². The van der Waals surface area contributed by atoms with Crippen LogP contribution in [0.25, 0.3) is 22.5 Å². The lowest BCUT2D eigenvalue weighted by Crippen LogP contribution is -2.33. The van der Waals surface area contributed by atoms with Gasteiger partial charge in [-0.25, -0.2) is 14.6 Å². The first-order valence-electron chi connectivity index (χ1n) is 15.0. The van der Waals surface area contributed by atoms with E-state index in [1.807, 2.05) is 50.5 Å². The summed E-state index contributed by atoms with van der Waals surface area (Å²) < 4.78 is 18.5. The molecule has 240 valence electrons. The quantitative estimate of drug-likeness (QED) is 0.143. The number of imidazole rings is 1. The summed E-state index contributed by atoms with van der Waals surface area (Å²) in [5, 5.41) is 14.0. The number of aromatic nitrogens is 4. The number of alkyl carbamates (subject to hydrolysis) is 1. The van der Waals surface area contributed by atoms with E-state index in [1.165, 1.54) is 6.07 Å². The standard InChI is InChI=1S/C33H42N6O6/c1-20(13-9-10-18-34-31(42)45-33(6,7)8)39-26-24(28-38-37-21(2)43-28)16-12-17-25(26)35-30(39)36-27(40)22-14-11-15-23(19-22)29(41)44-32(3,4)5/h11-12,14-17,19-20H,9-10,13,18H2,1-8H3,(H,34,42)(H,35,36,40). The number of unbranched alkanes of at least 4 members (excludes halogenated alkanes) is 1. The molecule has 0 saturated carbocycles. The monoisotopic (exact) mass is 618 g/mol. The van der Waals surface area contributed by atoms with Crippen molar-refractivity contribution in [1.29, 1.82) is 0 Å². The zero-order valence-corrected chi connectivity index (χ0v) is 27.2. The van der Waals surface area contributed by atoms with Gasteiger partial charge >= 0.3 is 12.1 Å². The zero-order chi connectivity index (χ0) is 32.9. The maximum Gasteiger partial charge on any atom is 0.407 e. The van der Waals surface area contributed by atoms with Crippen molar-refractivity contribution in [2.45, 2.75) is 91.9 Å². The summed E-state index contributed by atoms with van der Waals surface area (Å²) in [6.07, 6.45) is 1.78. The highest BCUT2D eigenvalue weighted by molar-refractivity contribution is 6.06. The third-order valence-electron chi connectivity index (χ3n) is 6.61. The number of nitrogens with zero attached hydrogens (tertiary/aromatic N) is 4. The molecule has 2 N–H and O–H groups in total. The number of benzene rings is 2. The van der Waals surface area contributed by atoms with Gasteiger partial charge in [-0.05, 0) is 98.1 Å². The number of aryl methyl sites for hydroxylation is 1. The van der Waals surface area contributed by atoms with Gasteiger partial charge in [-0.15, -0.1) is 10.2 Å². The largest absolute Gasteiger partial charge is 0.456 e. The van der Waals surface area contributed by atoms with Crippen molar-refractivity contribution in [2.75, 3.05) is 11.9 Å². The molecule has 2 aromatic heterocycles. The SMILES string of the molecule is Cc1nnc(-c2cccc3nc(NC(=O)c4cccc(C(=O)OC(C)(C)C)c4)n(C(C)CCCCNC(=O)OC(C)(C)C)c23)o1. The third-order valence-corrected chi connectivity index (χ3v) is 6.61. The lowest BCUT2D eigenvalue weighted by Gasteiger charge is -2.20. The molecule has 4 rings (SSSR count). The Labute approximate surface area is 262 Å². The molecule has 45 heavy (non-hydrogen) atoms. The number of amides is 2. The first kappa shape index (κ1) is 33.2. The van der Waals surface area contributed by atoms with Crippen LogP contribution >= 0.6 is 0 Å². The second-order valence-corrected chi connectivity index (χ2v) is 12.9. The maximum absolute atomic E-state index is 13.5. The van der Waals surface area contributed by atoms with Gasteiger partial charge in [-0.2, -0.15) is 0 Å². The summed E-state index contributed by atoms with van der Waals surface area (Å²) in [6, 6.07) is 11.8. The van der Waals surface area contributed by atoms with Crippen molar-refractivity contribution < 1.29 is 28.3 Å². The Morgan fingerprint density at radius 2 is 1.62 bits per heavy atom. The number of hydrogen-bond donors (Lipinski definition) is 2. The molecule has 0 fully saturated rings. The van der Waals surface area contributed by atoms with Crippen LogP contribution in [0.1, 0.15) is 100 Å². The van der Waals surface area contributed by atoms with E-state index in [0.29, 0.717) is 35.4 Å². The Balaban J connectivity index is 1.60. The molecule has 0 aliphatic heterocycles. The molecule has 12 nitrogen and oxygen atoms in total. The molecule has 2 heterocycles. The Morgan fingerprint density at radius 3 is 2.29 bits per heavy atom. The smallest absolute Gasteiger partial charge is 0.407 e. The number of nitrogens with one attached hydrogen (secondary N) is 2. The number of rotatable bonds is 10. The van der Waals surface area contributed by atoms with Crippen molar-refractivity contribution in [2.24, 2.45) is 0 Å². The molecule has 0 aliphatic rings. The van der Waals surface area contributed by atoms with Crippen LogP contribution in [0.15, 0.2) is 46.9 Å². The van der Waals surface area contributed by atoms with Crippen molar-refractivity contribution >= 4 is 35.0 Å². The van der Waals surface area contributed by atoms with Gasteiger partial charge in [-0.1, -0.05) is 12.1 Å². The molecule has 1 atom stereocenters. The first-order chi connectivity index (χ1) is 21.1. The highest BCUT2D eigenvalue weighted by Gasteiger charge is 2.24. The van der Waals surface area contributed by atoms with Crippen LogP contribution in [0.2, 0.25) is 0 Å². The van der Waals surface area contributed by atoms with Gasteiger partial charge in [0.1, 0.15) is 11.2 Å². The number of fused-ring (bicyclic) bond motifs is 1. The van der Waals surface area contributed by atoms with E-state index in [1.54, 1.807) is 45.9 Å². The average molecular weight is 619 g/mol. The van der Waals surface area contributed by atoms with Crippen LogP contribution in [0, 0.1) is 6.92 Å². The van der Waals surface area contributed by atoms with E-state index in [0.717, 1.165) is 24.8 Å². The summed E-state index contributed by atoms with van der Waals surface area (Å²) in [5.74, 6) is 0.160. The van der Waals surface area contributed by atoms with Crippen LogP contribution in [-0.4, -0.2) is 55.5 Å². The Kier molecular flexibility index (Phi) is 9.94. The fourth-order valence-corrected chi connectivity index (χ4v) is 4.74. The number of carbonyl (C=O) groups is 3. The molecule has 12 heteroatoms. The molecule has 0 aliphatic carbocycles. The Bertz CT molecular complexity index is 1680. The van der Waals surface area contributed by atoms with E-state index in [2.05, 4.69) is 20.8 Å². The number of ether oxygens (including phenoxy) is 2. The van der Waals surface area contributed by atoms with Crippen molar-refractivity contribution in [1.82, 2.24) is 25.1 Å². The predicted octanol–water partition coefficient (Wildman–Crippen LogP) is 6.86. The van der Waals surface area contributed by atoms with Crippen LogP contribution in [-0.2, 0) is 9.47 Å². The fraction of sp³-hybridized carbons (Fsp3) is 0.455. The molecular formula is C33H42N6O6. The molecule has 2 amide bonds. The summed E-state index contributed by atoms with van der Waals surface area (Å²) in [6.45, 7) is 15.1. The molecular weight excluding hydrogens is 576 g/mol. The van der Waals surface area contributed by atoms with E-state index >= 15 is 0 Å². The van der Waals surface area contributed by atoms with Crippen LogP contribution in [0.3, 0.4) is 0 Å². The molecule has 2 aromatic carbocycles. The number of esters is 1. The van der Waals surface area contributed by atoms with Gasteiger partial charge in [0.25, 0.3) is 5.91 Å². The summed E-state index contributed by atoms with van der Waals surface area (Å²) >= 11 is 0. The maximum atomic E-state index is 13.5. The topological polar surface area (TPSA) is 150 Å². The second-order valence-electron chi connectivity index (χ2n) is 12.9. The van der Waals surface area contributed by atoms with Crippen LogP contribution in [0.4, 0.5) is 10.7 Å². The molecule has 0 radical (unpaired) electrons. The first-order valence-corrected chi connectivity index (χ1v) is 15.0. The fourth-order valence-electron chi connectivity index (χ4n) is 4.74. The third kappa shape index (κ3) is 8.90. The predicted molar refractivity (Wildman–Crippen MR) is 170 cm³/mol. The minimum atomic E-state index is -0.670. The number of hydrogen-bond acceptors (Lipinski definition) is 9.